The number of unbranched alkanes of at least 4 members (excludes halogenated alkanes) is 1. The quantitative estimate of drug-likeness (QED) is 0.260. The Morgan fingerprint density at radius 3 is 2.77 bits per heavy atom. The molecule has 0 aromatic carbocycles. The zero-order valence-corrected chi connectivity index (χ0v) is 24.1. The van der Waals surface area contributed by atoms with Gasteiger partial charge in [-0.2, -0.15) is 5.10 Å². The van der Waals surface area contributed by atoms with Crippen molar-refractivity contribution >= 4 is 29.3 Å². The number of ether oxygens (including phenoxy) is 1. The number of anilines is 1. The van der Waals surface area contributed by atoms with E-state index in [0.29, 0.717) is 43.2 Å². The third-order valence-electron chi connectivity index (χ3n) is 7.84. The Balaban J connectivity index is 1.31. The van der Waals surface area contributed by atoms with Gasteiger partial charge < -0.3 is 25.4 Å². The molecule has 10 nitrogen and oxygen atoms in total. The Morgan fingerprint density at radius 1 is 1.32 bits per heavy atom. The average Bonchev–Trinajstić information content (AvgIpc) is 3.68. The van der Waals surface area contributed by atoms with Gasteiger partial charge in [0, 0.05) is 45.7 Å². The Labute approximate surface area is 239 Å². The number of carbonyl (C=O) groups excluding carboxylic acids is 1. The zero-order chi connectivity index (χ0) is 28.7. The number of fused-ring (bicyclic) bond motifs is 1. The minimum Gasteiger partial charge on any atom is -0.480 e. The predicted molar refractivity (Wildman–Crippen MR) is 151 cm³/mol. The van der Waals surface area contributed by atoms with Crippen molar-refractivity contribution < 1.29 is 23.8 Å². The first kappa shape index (κ1) is 30.2. The van der Waals surface area contributed by atoms with Gasteiger partial charge in [-0.05, 0) is 69.5 Å². The number of aryl methyl sites for hydroxylation is 3. The van der Waals surface area contributed by atoms with Crippen LogP contribution in [0.2, 0.25) is 5.02 Å². The number of aliphatic carboxylic acids is 1. The molecule has 12 heteroatoms. The van der Waals surface area contributed by atoms with Gasteiger partial charge in [-0.25, -0.2) is 14.2 Å². The van der Waals surface area contributed by atoms with Crippen LogP contribution in [0.4, 0.5) is 10.2 Å². The van der Waals surface area contributed by atoms with E-state index in [4.69, 9.17) is 21.3 Å². The van der Waals surface area contributed by atoms with Gasteiger partial charge in [0.05, 0.1) is 22.2 Å². The SMILES string of the molecule is CO[C@H](CF)CN(CCCCc1ccc2c(n1)NCCC2)CC[C@H](NC(=O)C1(c2nn(C)cc2Cl)CC1)C(=O)O. The van der Waals surface area contributed by atoms with E-state index in [1.165, 1.54) is 12.7 Å². The molecule has 3 N–H and O–H groups in total. The number of nitrogens with zero attached hydrogens (tertiary/aromatic N) is 4. The lowest BCUT2D eigenvalue weighted by Gasteiger charge is -2.27. The fourth-order valence-corrected chi connectivity index (χ4v) is 5.62. The van der Waals surface area contributed by atoms with E-state index >= 15 is 0 Å². The topological polar surface area (TPSA) is 122 Å². The van der Waals surface area contributed by atoms with Crippen molar-refractivity contribution in [1.29, 1.82) is 0 Å². The van der Waals surface area contributed by atoms with Crippen LogP contribution in [0, 0.1) is 0 Å². The number of rotatable bonds is 16. The summed E-state index contributed by atoms with van der Waals surface area (Å²) in [6.45, 7) is 1.67. The maximum atomic E-state index is 13.5. The molecule has 1 aliphatic carbocycles. The molecule has 40 heavy (non-hydrogen) atoms. The highest BCUT2D eigenvalue weighted by Gasteiger charge is 2.55. The van der Waals surface area contributed by atoms with Gasteiger partial charge in [0.2, 0.25) is 5.91 Å². The van der Waals surface area contributed by atoms with Crippen molar-refractivity contribution in [3.8, 4) is 0 Å². The molecular weight excluding hydrogens is 539 g/mol. The van der Waals surface area contributed by atoms with Crippen LogP contribution >= 0.6 is 11.6 Å². The van der Waals surface area contributed by atoms with Crippen molar-refractivity contribution in [2.75, 3.05) is 45.3 Å². The number of pyridine rings is 1. The number of carbonyl (C=O) groups is 2. The molecule has 1 fully saturated rings. The van der Waals surface area contributed by atoms with Crippen molar-refractivity contribution in [2.45, 2.75) is 68.9 Å². The lowest BCUT2D eigenvalue weighted by atomic mass is 10.0. The highest BCUT2D eigenvalue weighted by molar-refractivity contribution is 6.31. The first-order chi connectivity index (χ1) is 19.3. The normalized spacial score (nSPS) is 17.1. The summed E-state index contributed by atoms with van der Waals surface area (Å²) in [4.78, 5) is 32.0. The van der Waals surface area contributed by atoms with Gasteiger partial charge in [0.15, 0.2) is 0 Å². The van der Waals surface area contributed by atoms with Gasteiger partial charge in [-0.3, -0.25) is 9.48 Å². The van der Waals surface area contributed by atoms with Crippen LogP contribution in [0.25, 0.3) is 0 Å². The summed E-state index contributed by atoms with van der Waals surface area (Å²) in [5.41, 5.74) is 1.89. The predicted octanol–water partition coefficient (Wildman–Crippen LogP) is 3.13. The Bertz CT molecular complexity index is 1170. The van der Waals surface area contributed by atoms with Crippen molar-refractivity contribution in [1.82, 2.24) is 25.0 Å². The number of carboxylic acids is 1. The molecule has 4 rings (SSSR count). The van der Waals surface area contributed by atoms with E-state index in [9.17, 15) is 19.1 Å². The summed E-state index contributed by atoms with van der Waals surface area (Å²) < 4.78 is 20.3. The fraction of sp³-hybridized carbons (Fsp3) is 0.643. The number of alkyl halides is 1. The maximum Gasteiger partial charge on any atom is 0.326 e. The molecule has 3 heterocycles. The molecule has 0 spiro atoms. The van der Waals surface area contributed by atoms with Crippen molar-refractivity contribution in [2.24, 2.45) is 7.05 Å². The summed E-state index contributed by atoms with van der Waals surface area (Å²) in [5, 5.41) is 20.7. The van der Waals surface area contributed by atoms with E-state index in [1.54, 1.807) is 17.9 Å². The molecule has 1 amide bonds. The Hall–Kier alpha value is -2.76. The van der Waals surface area contributed by atoms with Crippen molar-refractivity contribution in [3.63, 3.8) is 0 Å². The average molecular weight is 579 g/mol. The number of methoxy groups -OCH3 is 1. The second-order valence-electron chi connectivity index (χ2n) is 10.8. The molecule has 1 aliphatic heterocycles. The number of hydrogen-bond donors (Lipinski definition) is 3. The van der Waals surface area contributed by atoms with Crippen LogP contribution in [0.1, 0.15) is 55.5 Å². The molecule has 0 unspecified atom stereocenters. The second-order valence-corrected chi connectivity index (χ2v) is 11.3. The van der Waals surface area contributed by atoms with Crippen LogP contribution in [0.3, 0.4) is 0 Å². The number of halogens is 2. The van der Waals surface area contributed by atoms with Gasteiger partial charge in [-0.15, -0.1) is 0 Å². The number of nitrogens with one attached hydrogen (secondary N) is 2. The van der Waals surface area contributed by atoms with Crippen LogP contribution in [-0.4, -0.2) is 88.8 Å². The molecule has 220 valence electrons. The fourth-order valence-electron chi connectivity index (χ4n) is 5.26. The smallest absolute Gasteiger partial charge is 0.326 e. The summed E-state index contributed by atoms with van der Waals surface area (Å²) in [5.74, 6) is -0.508. The zero-order valence-electron chi connectivity index (χ0n) is 23.3. The first-order valence-electron chi connectivity index (χ1n) is 14.0. The Kier molecular flexibility index (Phi) is 10.4. The standard InChI is InChI=1S/C28H40ClFN6O4/c1-35-18-22(29)24(34-35)28(11-12-28)27(39)33-23(26(37)38)10-15-36(17-21(16-30)40-2)14-4-3-7-20-9-8-19-6-5-13-31-25(19)32-20/h8-9,18,21,23H,3-7,10-17H2,1-2H3,(H,31,32)(H,33,39)(H,37,38)/t21-,23+/m1/s1. The number of aromatic nitrogens is 3. The van der Waals surface area contributed by atoms with Gasteiger partial charge in [0.25, 0.3) is 0 Å². The number of carboxylic acid groups (broad SMARTS) is 1. The van der Waals surface area contributed by atoms with Crippen molar-refractivity contribution in [3.05, 3.63) is 40.3 Å². The summed E-state index contributed by atoms with van der Waals surface area (Å²) in [7, 11) is 3.19. The van der Waals surface area contributed by atoms with Gasteiger partial charge in [0.1, 0.15) is 18.5 Å². The maximum absolute atomic E-state index is 13.5. The number of hydrogen-bond acceptors (Lipinski definition) is 7. The lowest BCUT2D eigenvalue weighted by molar-refractivity contribution is -0.142. The molecule has 0 saturated heterocycles. The van der Waals surface area contributed by atoms with Gasteiger partial charge in [-0.1, -0.05) is 17.7 Å². The monoisotopic (exact) mass is 578 g/mol. The van der Waals surface area contributed by atoms with Crippen LogP contribution < -0.4 is 10.6 Å². The first-order valence-corrected chi connectivity index (χ1v) is 14.4. The molecule has 2 aromatic rings. The highest BCUT2D eigenvalue weighted by Crippen LogP contribution is 2.50. The van der Waals surface area contributed by atoms with E-state index < -0.39 is 30.2 Å². The molecular formula is C28H40ClFN6O4. The third kappa shape index (κ3) is 7.50. The number of amides is 1. The summed E-state index contributed by atoms with van der Waals surface area (Å²) in [6, 6.07) is 3.14. The molecule has 2 aliphatic rings. The second kappa shape index (κ2) is 13.7. The lowest BCUT2D eigenvalue weighted by Crippen LogP contribution is -2.48. The summed E-state index contributed by atoms with van der Waals surface area (Å²) >= 11 is 6.29. The van der Waals surface area contributed by atoms with Crippen LogP contribution in [0.5, 0.6) is 0 Å². The van der Waals surface area contributed by atoms with Crippen LogP contribution in [-0.2, 0) is 39.6 Å². The van der Waals surface area contributed by atoms with E-state index in [1.807, 2.05) is 4.90 Å². The molecule has 0 radical (unpaired) electrons. The Morgan fingerprint density at radius 2 is 2.12 bits per heavy atom. The largest absolute Gasteiger partial charge is 0.480 e. The third-order valence-corrected chi connectivity index (χ3v) is 8.11. The molecule has 2 atom stereocenters. The van der Waals surface area contributed by atoms with Gasteiger partial charge >= 0.3 is 5.97 Å². The molecule has 2 aromatic heterocycles. The highest BCUT2D eigenvalue weighted by atomic mass is 35.5. The van der Waals surface area contributed by atoms with Crippen LogP contribution in [0.15, 0.2) is 18.3 Å². The molecule has 1 saturated carbocycles. The van der Waals surface area contributed by atoms with E-state index in [0.717, 1.165) is 50.2 Å². The van der Waals surface area contributed by atoms with E-state index in [-0.39, 0.29) is 12.3 Å². The minimum absolute atomic E-state index is 0.174. The van der Waals surface area contributed by atoms with E-state index in [2.05, 4.69) is 27.9 Å². The summed E-state index contributed by atoms with van der Waals surface area (Å²) in [6.07, 6.45) is 7.05. The minimum atomic E-state index is -1.11. The molecule has 0 bridgehead atoms.